The summed E-state index contributed by atoms with van der Waals surface area (Å²) < 4.78 is 24.1. The lowest BCUT2D eigenvalue weighted by Gasteiger charge is -2.57. The van der Waals surface area contributed by atoms with E-state index in [0.29, 0.717) is 42.7 Å². The molecule has 2 unspecified atom stereocenters. The number of aryl methyl sites for hydroxylation is 1. The van der Waals surface area contributed by atoms with Crippen molar-refractivity contribution in [1.29, 1.82) is 0 Å². The van der Waals surface area contributed by atoms with E-state index >= 15 is 0 Å². The minimum atomic E-state index is -0.626. The van der Waals surface area contributed by atoms with Crippen molar-refractivity contribution in [3.05, 3.63) is 130 Å². The Morgan fingerprint density at radius 1 is 0.750 bits per heavy atom. The molecule has 6 atom stereocenters. The van der Waals surface area contributed by atoms with E-state index in [9.17, 15) is 24.9 Å². The van der Waals surface area contributed by atoms with Crippen LogP contribution in [0.5, 0.6) is 23.0 Å². The number of methoxy groups -OCH3 is 2. The second-order valence-electron chi connectivity index (χ2n) is 15.7. The van der Waals surface area contributed by atoms with Crippen LogP contribution in [-0.2, 0) is 56.8 Å². The van der Waals surface area contributed by atoms with Gasteiger partial charge < -0.3 is 34.3 Å². The van der Waals surface area contributed by atoms with Gasteiger partial charge in [0.15, 0.2) is 23.0 Å². The number of aliphatic hydroxyl groups excluding tert-OH is 1. The van der Waals surface area contributed by atoms with Crippen molar-refractivity contribution < 1.29 is 43.9 Å². The molecule has 56 heavy (non-hydrogen) atoms. The Kier molecular flexibility index (Phi) is 10.1. The van der Waals surface area contributed by atoms with Gasteiger partial charge in [-0.05, 0) is 118 Å². The molecule has 0 aliphatic heterocycles. The third-order valence-electron chi connectivity index (χ3n) is 12.7. The standard InChI is InChI=1S/C47H48O9/c1-27(49)55-43-23-36(56-46(52)16-28-7-6-8-29(15-28)26-48)22-38-37-24-45(54-3)41(50)19-32(37)12-14-39(38)47(35-13-11-30-9-4-5-10-31(30)17-35)25-34-20-42(51)44(53-2)21-33(34)18-40(43)47/h4-11,13,15,17,19-21,24,36,38-40,43,48,50-51H,12,14,16,18,22-23,25-26H2,1-3H3/t36-,38+,39?,40?,43-,47+/m0/s1. The number of carbonyl (C=O) groups excluding carboxylic acids is 2. The number of hydrogen-bond acceptors (Lipinski definition) is 9. The van der Waals surface area contributed by atoms with Gasteiger partial charge in [-0.15, -0.1) is 0 Å². The maximum absolute atomic E-state index is 13.8. The first-order chi connectivity index (χ1) is 27.1. The number of hydrogen-bond donors (Lipinski definition) is 3. The Morgan fingerprint density at radius 3 is 2.23 bits per heavy atom. The van der Waals surface area contributed by atoms with E-state index in [1.807, 2.05) is 42.5 Å². The molecule has 0 saturated heterocycles. The van der Waals surface area contributed by atoms with Crippen molar-refractivity contribution in [3.63, 3.8) is 0 Å². The van der Waals surface area contributed by atoms with Crippen LogP contribution in [0, 0.1) is 11.8 Å². The van der Waals surface area contributed by atoms with Gasteiger partial charge in [0.25, 0.3) is 0 Å². The number of fused-ring (bicyclic) bond motifs is 7. The first-order valence-electron chi connectivity index (χ1n) is 19.4. The predicted octanol–water partition coefficient (Wildman–Crippen LogP) is 7.64. The highest BCUT2D eigenvalue weighted by Gasteiger charge is 2.58. The molecule has 0 bridgehead atoms. The van der Waals surface area contributed by atoms with Crippen LogP contribution in [0.1, 0.15) is 71.0 Å². The van der Waals surface area contributed by atoms with E-state index in [1.165, 1.54) is 14.0 Å². The second-order valence-corrected chi connectivity index (χ2v) is 15.7. The van der Waals surface area contributed by atoms with Crippen LogP contribution >= 0.6 is 0 Å². The van der Waals surface area contributed by atoms with Crippen molar-refractivity contribution in [3.8, 4) is 23.0 Å². The SMILES string of the molecule is COc1cc2c(cc1O)C[C@]1(c3ccc4ccccc4c3)C(C2)[C@@H](OC(C)=O)C[C@@H](OC(=O)Cc2cccc(CO)c2)C[C@@H]2c3cc(OC)c(O)cc3CCC21. The Labute approximate surface area is 326 Å². The monoisotopic (exact) mass is 756 g/mol. The predicted molar refractivity (Wildman–Crippen MR) is 211 cm³/mol. The molecule has 3 aliphatic rings. The molecule has 290 valence electrons. The third-order valence-corrected chi connectivity index (χ3v) is 12.7. The van der Waals surface area contributed by atoms with Gasteiger partial charge >= 0.3 is 11.9 Å². The van der Waals surface area contributed by atoms with Crippen LogP contribution in [0.3, 0.4) is 0 Å². The number of phenols is 2. The summed E-state index contributed by atoms with van der Waals surface area (Å²) in [6, 6.07) is 29.7. The van der Waals surface area contributed by atoms with E-state index in [-0.39, 0.29) is 48.7 Å². The summed E-state index contributed by atoms with van der Waals surface area (Å²) in [5.41, 5.74) is 6.06. The highest BCUT2D eigenvalue weighted by molar-refractivity contribution is 5.83. The molecule has 5 aromatic carbocycles. The number of ether oxygens (including phenoxy) is 4. The zero-order valence-electron chi connectivity index (χ0n) is 32.0. The zero-order valence-corrected chi connectivity index (χ0v) is 32.0. The van der Waals surface area contributed by atoms with Gasteiger partial charge in [0.05, 0.1) is 27.2 Å². The number of aliphatic hydroxyl groups is 1. The summed E-state index contributed by atoms with van der Waals surface area (Å²) in [5, 5.41) is 34.0. The summed E-state index contributed by atoms with van der Waals surface area (Å²) in [4.78, 5) is 27.0. The van der Waals surface area contributed by atoms with Crippen molar-refractivity contribution in [1.82, 2.24) is 0 Å². The van der Waals surface area contributed by atoms with Gasteiger partial charge in [0.2, 0.25) is 0 Å². The topological polar surface area (TPSA) is 132 Å². The maximum atomic E-state index is 13.8. The van der Waals surface area contributed by atoms with E-state index in [0.717, 1.165) is 50.6 Å². The number of carbonyl (C=O) groups is 2. The lowest BCUT2D eigenvalue weighted by Crippen LogP contribution is -2.57. The van der Waals surface area contributed by atoms with Gasteiger partial charge in [0.1, 0.15) is 12.2 Å². The van der Waals surface area contributed by atoms with Crippen molar-refractivity contribution >= 4 is 22.7 Å². The smallest absolute Gasteiger partial charge is 0.310 e. The van der Waals surface area contributed by atoms with E-state index in [2.05, 4.69) is 30.3 Å². The molecule has 0 heterocycles. The molecule has 3 N–H and O–H groups in total. The van der Waals surface area contributed by atoms with E-state index in [1.54, 1.807) is 25.3 Å². The van der Waals surface area contributed by atoms with E-state index in [4.69, 9.17) is 18.9 Å². The largest absolute Gasteiger partial charge is 0.504 e. The number of benzene rings is 5. The Morgan fingerprint density at radius 2 is 1.48 bits per heavy atom. The van der Waals surface area contributed by atoms with Crippen LogP contribution in [0.25, 0.3) is 10.8 Å². The van der Waals surface area contributed by atoms with Gasteiger partial charge in [-0.3, -0.25) is 9.59 Å². The van der Waals surface area contributed by atoms with Crippen LogP contribution in [0.2, 0.25) is 0 Å². The van der Waals surface area contributed by atoms with Gasteiger partial charge in [-0.25, -0.2) is 0 Å². The van der Waals surface area contributed by atoms with E-state index < -0.39 is 29.6 Å². The minimum Gasteiger partial charge on any atom is -0.504 e. The molecule has 0 spiro atoms. The fourth-order valence-corrected chi connectivity index (χ4v) is 10.4. The molecule has 3 aliphatic carbocycles. The second kappa shape index (κ2) is 15.2. The summed E-state index contributed by atoms with van der Waals surface area (Å²) >= 11 is 0. The molecular formula is C47H48O9. The third kappa shape index (κ3) is 6.83. The molecule has 1 fully saturated rings. The molecular weight excluding hydrogens is 709 g/mol. The fourth-order valence-electron chi connectivity index (χ4n) is 10.4. The van der Waals surface area contributed by atoms with Gasteiger partial charge in [0, 0.05) is 24.7 Å². The highest BCUT2D eigenvalue weighted by atomic mass is 16.6. The van der Waals surface area contributed by atoms with Gasteiger partial charge in [-0.1, -0.05) is 66.7 Å². The van der Waals surface area contributed by atoms with Gasteiger partial charge in [-0.2, -0.15) is 0 Å². The highest BCUT2D eigenvalue weighted by Crippen LogP contribution is 2.60. The Bertz CT molecular complexity index is 2300. The summed E-state index contributed by atoms with van der Waals surface area (Å²) in [5.74, 6) is -0.358. The molecule has 9 nitrogen and oxygen atoms in total. The van der Waals surface area contributed by atoms with Crippen molar-refractivity contribution in [2.45, 2.75) is 82.0 Å². The lowest BCUT2D eigenvalue weighted by molar-refractivity contribution is -0.162. The summed E-state index contributed by atoms with van der Waals surface area (Å²) in [6.45, 7) is 1.30. The van der Waals surface area contributed by atoms with Crippen LogP contribution in [0.15, 0.2) is 91.0 Å². The molecule has 8 rings (SSSR count). The Hall–Kier alpha value is -5.54. The van der Waals surface area contributed by atoms with Crippen LogP contribution < -0.4 is 9.47 Å². The maximum Gasteiger partial charge on any atom is 0.310 e. The molecule has 1 saturated carbocycles. The average molecular weight is 757 g/mol. The first-order valence-corrected chi connectivity index (χ1v) is 19.4. The zero-order chi connectivity index (χ0) is 39.1. The molecule has 5 aromatic rings. The number of rotatable bonds is 8. The van der Waals surface area contributed by atoms with Crippen LogP contribution in [-0.4, -0.2) is 53.7 Å². The average Bonchev–Trinajstić information content (AvgIpc) is 3.18. The summed E-state index contributed by atoms with van der Waals surface area (Å²) in [7, 11) is 3.08. The molecule has 0 amide bonds. The number of esters is 2. The Balaban J connectivity index is 1.33. The van der Waals surface area contributed by atoms with Crippen molar-refractivity contribution in [2.75, 3.05) is 14.2 Å². The fraction of sp³-hybridized carbons (Fsp3) is 0.362. The quantitative estimate of drug-likeness (QED) is 0.137. The molecule has 9 heteroatoms. The van der Waals surface area contributed by atoms with Crippen LogP contribution in [0.4, 0.5) is 0 Å². The normalized spacial score (nSPS) is 24.0. The first kappa shape index (κ1) is 37.4. The molecule has 0 aromatic heterocycles. The summed E-state index contributed by atoms with van der Waals surface area (Å²) in [6.07, 6.45) is 2.06. The lowest BCUT2D eigenvalue weighted by atomic mass is 9.47. The number of phenolic OH excluding ortho intramolecular Hbond substituents is 2. The minimum absolute atomic E-state index is 0.0239. The number of aromatic hydroxyl groups is 2. The van der Waals surface area contributed by atoms with Crippen molar-refractivity contribution in [2.24, 2.45) is 11.8 Å². The molecule has 0 radical (unpaired) electrons.